The summed E-state index contributed by atoms with van der Waals surface area (Å²) in [5.41, 5.74) is 5.55. The van der Waals surface area contributed by atoms with Gasteiger partial charge in [0.1, 0.15) is 6.04 Å². The fourth-order valence-electron chi connectivity index (χ4n) is 2.56. The number of hydrogen-bond acceptors (Lipinski definition) is 5. The summed E-state index contributed by atoms with van der Waals surface area (Å²) in [5, 5.41) is 5.38. The van der Waals surface area contributed by atoms with Gasteiger partial charge in [-0.3, -0.25) is 14.2 Å². The average Bonchev–Trinajstić information content (AvgIpc) is 2.51. The molecule has 2 amide bonds. The first-order valence-corrected chi connectivity index (χ1v) is 10.4. The van der Waals surface area contributed by atoms with Crippen LogP contribution in [0, 0.1) is 17.8 Å². The zero-order valence-electron chi connectivity index (χ0n) is 15.8. The summed E-state index contributed by atoms with van der Waals surface area (Å²) in [4.78, 5) is 24.7. The van der Waals surface area contributed by atoms with E-state index in [2.05, 4.69) is 10.6 Å². The Labute approximate surface area is 145 Å². The van der Waals surface area contributed by atoms with Crippen LogP contribution >= 0.6 is 7.37 Å². The van der Waals surface area contributed by atoms with Crippen LogP contribution in [0.2, 0.25) is 0 Å². The Balaban J connectivity index is 5.21. The van der Waals surface area contributed by atoms with Crippen molar-refractivity contribution in [2.45, 2.75) is 46.6 Å². The van der Waals surface area contributed by atoms with Gasteiger partial charge in [0, 0.05) is 26.2 Å². The van der Waals surface area contributed by atoms with E-state index in [0.717, 1.165) is 0 Å². The number of carbonyl (C=O) groups is 2. The predicted octanol–water partition coefficient (Wildman–Crippen LogP) is 1.77. The molecule has 3 atom stereocenters. The summed E-state index contributed by atoms with van der Waals surface area (Å²) in [6, 6.07) is -0.600. The number of hydrogen-bond donors (Lipinski definition) is 3. The summed E-state index contributed by atoms with van der Waals surface area (Å²) in [5.74, 6) is -0.505. The number of nitrogens with two attached hydrogens (primary N) is 1. The quantitative estimate of drug-likeness (QED) is 0.485. The lowest BCUT2D eigenvalue weighted by atomic mass is 9.96. The normalized spacial score (nSPS) is 16.5. The molecule has 142 valence electrons. The molecule has 0 aromatic rings. The number of rotatable bonds is 11. The van der Waals surface area contributed by atoms with Crippen LogP contribution in [0.1, 0.15) is 40.5 Å². The molecule has 0 spiro atoms. The highest BCUT2D eigenvalue weighted by Crippen LogP contribution is 2.46. The molecule has 8 heteroatoms. The van der Waals surface area contributed by atoms with Gasteiger partial charge in [0.05, 0.1) is 6.29 Å². The molecule has 0 aromatic carbocycles. The third-order valence-electron chi connectivity index (χ3n) is 3.82. The first-order valence-electron chi connectivity index (χ1n) is 8.44. The molecule has 0 aromatic heterocycles. The fourth-order valence-corrected chi connectivity index (χ4v) is 3.99. The summed E-state index contributed by atoms with van der Waals surface area (Å²) in [7, 11) is -0.139. The third kappa shape index (κ3) is 8.27. The van der Waals surface area contributed by atoms with Gasteiger partial charge < -0.3 is 20.9 Å². The lowest BCUT2D eigenvalue weighted by molar-refractivity contribution is -0.131. The van der Waals surface area contributed by atoms with Crippen molar-refractivity contribution in [2.24, 2.45) is 23.5 Å². The summed E-state index contributed by atoms with van der Waals surface area (Å²) >= 11 is 0. The van der Waals surface area contributed by atoms with Gasteiger partial charge in [0.25, 0.3) is 0 Å². The molecule has 0 radical (unpaired) electrons. The highest BCUT2D eigenvalue weighted by atomic mass is 31.2. The Morgan fingerprint density at radius 2 is 1.62 bits per heavy atom. The van der Waals surface area contributed by atoms with Gasteiger partial charge in [0.15, 0.2) is 0 Å². The van der Waals surface area contributed by atoms with Crippen molar-refractivity contribution in [3.8, 4) is 0 Å². The van der Waals surface area contributed by atoms with Gasteiger partial charge in [-0.15, -0.1) is 0 Å². The average molecular weight is 363 g/mol. The number of carbonyl (C=O) groups excluding carboxylic acids is 2. The Hall–Kier alpha value is -0.910. The first kappa shape index (κ1) is 23.1. The first-order chi connectivity index (χ1) is 11.1. The van der Waals surface area contributed by atoms with Crippen LogP contribution < -0.4 is 16.4 Å². The standard InChI is InChI=1S/C16H34N3O4P/c1-11(2)7-13(9-24(22,10-17)23-6)15(20)19-14(8-12(3)4)16(21)18-5/h11-14H,7-10,17H2,1-6H3,(H,18,21)(H,19,20)/t13?,14-,24?/m0/s1. The lowest BCUT2D eigenvalue weighted by Gasteiger charge is -2.26. The van der Waals surface area contributed by atoms with Crippen molar-refractivity contribution in [1.82, 2.24) is 10.6 Å². The van der Waals surface area contributed by atoms with Gasteiger partial charge in [0.2, 0.25) is 19.2 Å². The number of likely N-dealkylation sites (N-methyl/N-ethyl adjacent to an activating group) is 1. The zero-order chi connectivity index (χ0) is 18.9. The Bertz CT molecular complexity index is 447. The molecule has 0 aliphatic rings. The van der Waals surface area contributed by atoms with Crippen LogP contribution in [-0.4, -0.2) is 44.5 Å². The van der Waals surface area contributed by atoms with E-state index in [1.54, 1.807) is 7.05 Å². The van der Waals surface area contributed by atoms with E-state index in [-0.39, 0.29) is 36.1 Å². The molecule has 2 unspecified atom stereocenters. The van der Waals surface area contributed by atoms with E-state index in [0.29, 0.717) is 12.8 Å². The lowest BCUT2D eigenvalue weighted by Crippen LogP contribution is -2.49. The minimum Gasteiger partial charge on any atom is -0.357 e. The molecule has 0 rings (SSSR count). The van der Waals surface area contributed by atoms with Crippen molar-refractivity contribution >= 4 is 19.2 Å². The maximum Gasteiger partial charge on any atom is 0.242 e. The fraction of sp³-hybridized carbons (Fsp3) is 0.875. The largest absolute Gasteiger partial charge is 0.357 e. The van der Waals surface area contributed by atoms with Crippen molar-refractivity contribution in [1.29, 1.82) is 0 Å². The molecule has 24 heavy (non-hydrogen) atoms. The van der Waals surface area contributed by atoms with E-state index < -0.39 is 19.3 Å². The van der Waals surface area contributed by atoms with Crippen molar-refractivity contribution in [3.05, 3.63) is 0 Å². The minimum atomic E-state index is -3.03. The zero-order valence-corrected chi connectivity index (χ0v) is 16.7. The molecule has 0 saturated carbocycles. The van der Waals surface area contributed by atoms with Crippen LogP contribution in [0.3, 0.4) is 0 Å². The number of amides is 2. The van der Waals surface area contributed by atoms with Crippen LogP contribution in [0.25, 0.3) is 0 Å². The highest BCUT2D eigenvalue weighted by molar-refractivity contribution is 7.58. The second kappa shape index (κ2) is 10.9. The van der Waals surface area contributed by atoms with Crippen LogP contribution in [0.5, 0.6) is 0 Å². The molecule has 0 bridgehead atoms. The molecule has 0 heterocycles. The maximum absolute atomic E-state index is 12.7. The van der Waals surface area contributed by atoms with E-state index in [9.17, 15) is 14.2 Å². The van der Waals surface area contributed by atoms with E-state index in [1.807, 2.05) is 27.7 Å². The molecule has 4 N–H and O–H groups in total. The molecular weight excluding hydrogens is 329 g/mol. The van der Waals surface area contributed by atoms with E-state index in [4.69, 9.17) is 10.3 Å². The third-order valence-corrected chi connectivity index (χ3v) is 6.04. The summed E-state index contributed by atoms with van der Waals surface area (Å²) in [6.45, 7) is 7.96. The molecule has 0 saturated heterocycles. The monoisotopic (exact) mass is 363 g/mol. The Morgan fingerprint density at radius 1 is 1.08 bits per heavy atom. The Kier molecular flexibility index (Phi) is 10.4. The molecule has 7 nitrogen and oxygen atoms in total. The Morgan fingerprint density at radius 3 is 2.00 bits per heavy atom. The molecule has 0 aliphatic heterocycles. The summed E-state index contributed by atoms with van der Waals surface area (Å²) in [6.07, 6.45) is 1.09. The minimum absolute atomic E-state index is 0.0894. The molecule has 0 fully saturated rings. The summed E-state index contributed by atoms with van der Waals surface area (Å²) < 4.78 is 17.6. The molecule has 0 aliphatic carbocycles. The van der Waals surface area contributed by atoms with Crippen LogP contribution in [0.15, 0.2) is 0 Å². The predicted molar refractivity (Wildman–Crippen MR) is 96.9 cm³/mol. The van der Waals surface area contributed by atoms with Crippen LogP contribution in [0.4, 0.5) is 0 Å². The van der Waals surface area contributed by atoms with Crippen molar-refractivity contribution in [2.75, 3.05) is 26.6 Å². The number of nitrogens with one attached hydrogen (secondary N) is 2. The van der Waals surface area contributed by atoms with E-state index in [1.165, 1.54) is 7.11 Å². The van der Waals surface area contributed by atoms with Gasteiger partial charge in [-0.25, -0.2) is 0 Å². The van der Waals surface area contributed by atoms with E-state index >= 15 is 0 Å². The topological polar surface area (TPSA) is 111 Å². The van der Waals surface area contributed by atoms with Crippen molar-refractivity contribution < 1.29 is 18.7 Å². The van der Waals surface area contributed by atoms with Gasteiger partial charge in [-0.2, -0.15) is 0 Å². The van der Waals surface area contributed by atoms with Gasteiger partial charge >= 0.3 is 0 Å². The van der Waals surface area contributed by atoms with Crippen LogP contribution in [-0.2, 0) is 18.7 Å². The SMILES string of the molecule is CNC(=O)[C@H](CC(C)C)NC(=O)C(CC(C)C)CP(=O)(CN)OC. The van der Waals surface area contributed by atoms with Gasteiger partial charge in [-0.1, -0.05) is 27.7 Å². The maximum atomic E-state index is 12.7. The van der Waals surface area contributed by atoms with Crippen molar-refractivity contribution in [3.63, 3.8) is 0 Å². The second-order valence-electron chi connectivity index (χ2n) is 6.99. The molecular formula is C16H34N3O4P. The van der Waals surface area contributed by atoms with Gasteiger partial charge in [-0.05, 0) is 24.7 Å². The second-order valence-corrected chi connectivity index (χ2v) is 9.72. The smallest absolute Gasteiger partial charge is 0.242 e. The highest BCUT2D eigenvalue weighted by Gasteiger charge is 2.32.